The van der Waals surface area contributed by atoms with Crippen molar-refractivity contribution in [2.45, 2.75) is 43.4 Å². The van der Waals surface area contributed by atoms with Gasteiger partial charge in [0.05, 0.1) is 23.1 Å². The van der Waals surface area contributed by atoms with Crippen LogP contribution in [0.4, 0.5) is 19.0 Å². The zero-order valence-corrected chi connectivity index (χ0v) is 16.9. The summed E-state index contributed by atoms with van der Waals surface area (Å²) in [4.78, 5) is 12.7. The Kier molecular flexibility index (Phi) is 4.44. The van der Waals surface area contributed by atoms with Crippen molar-refractivity contribution in [3.05, 3.63) is 54.4 Å². The predicted molar refractivity (Wildman–Crippen MR) is 110 cm³/mol. The van der Waals surface area contributed by atoms with Crippen molar-refractivity contribution in [3.8, 4) is 0 Å². The van der Waals surface area contributed by atoms with E-state index in [1.165, 1.54) is 4.40 Å². The van der Waals surface area contributed by atoms with Crippen molar-refractivity contribution in [1.82, 2.24) is 23.9 Å². The van der Waals surface area contributed by atoms with Gasteiger partial charge in [0.25, 0.3) is 0 Å². The van der Waals surface area contributed by atoms with Crippen LogP contribution >= 0.6 is 0 Å². The summed E-state index contributed by atoms with van der Waals surface area (Å²) < 4.78 is 42.5. The zero-order chi connectivity index (χ0) is 21.8. The molecule has 4 aromatic heterocycles. The number of fused-ring (bicyclic) bond motifs is 2. The molecule has 31 heavy (non-hydrogen) atoms. The van der Waals surface area contributed by atoms with Gasteiger partial charge < -0.3 is 15.6 Å². The maximum absolute atomic E-state index is 13.1. The van der Waals surface area contributed by atoms with E-state index in [4.69, 9.17) is 5.73 Å². The van der Waals surface area contributed by atoms with Crippen LogP contribution in [-0.4, -0.2) is 30.0 Å². The molecule has 0 radical (unpaired) electrons. The predicted octanol–water partition coefficient (Wildman–Crippen LogP) is 3.84. The molecule has 5 rings (SSSR count). The molecular weight excluding hydrogens is 407 g/mol. The first-order chi connectivity index (χ1) is 14.7. The molecule has 0 aromatic carbocycles. The van der Waals surface area contributed by atoms with Gasteiger partial charge in [0.15, 0.2) is 5.69 Å². The number of anilines is 1. The van der Waals surface area contributed by atoms with Gasteiger partial charge in [-0.1, -0.05) is 6.07 Å². The van der Waals surface area contributed by atoms with Gasteiger partial charge in [-0.25, -0.2) is 9.97 Å². The van der Waals surface area contributed by atoms with Crippen molar-refractivity contribution in [3.63, 3.8) is 0 Å². The molecule has 0 amide bonds. The van der Waals surface area contributed by atoms with E-state index in [9.17, 15) is 13.2 Å². The Morgan fingerprint density at radius 1 is 1.16 bits per heavy atom. The van der Waals surface area contributed by atoms with Gasteiger partial charge in [-0.15, -0.1) is 0 Å². The monoisotopic (exact) mass is 429 g/mol. The Morgan fingerprint density at radius 2 is 1.94 bits per heavy atom. The minimum Gasteiger partial charge on any atom is -0.368 e. The molecule has 7 nitrogen and oxygen atoms in total. The third-order valence-corrected chi connectivity index (χ3v) is 6.13. The smallest absolute Gasteiger partial charge is 0.368 e. The average Bonchev–Trinajstić information content (AvgIpc) is 3.34. The molecule has 0 atom stereocenters. The number of pyridine rings is 2. The van der Waals surface area contributed by atoms with Gasteiger partial charge in [0.2, 0.25) is 0 Å². The SMILES string of the molecule is Cn1cnc2c(C3(N)CCC(Nc4cccc5nc(C(F)(F)F)cn45)CC3)nccc21. The molecular formula is C21H22F3N7. The summed E-state index contributed by atoms with van der Waals surface area (Å²) in [6, 6.07) is 7.03. The summed E-state index contributed by atoms with van der Waals surface area (Å²) in [5, 5.41) is 3.38. The summed E-state index contributed by atoms with van der Waals surface area (Å²) in [5.74, 6) is 0.583. The van der Waals surface area contributed by atoms with Crippen LogP contribution in [0.1, 0.15) is 37.1 Å². The summed E-state index contributed by atoms with van der Waals surface area (Å²) in [7, 11) is 1.93. The number of halogens is 3. The third-order valence-electron chi connectivity index (χ3n) is 6.13. The van der Waals surface area contributed by atoms with Gasteiger partial charge >= 0.3 is 6.18 Å². The number of hydrogen-bond donors (Lipinski definition) is 2. The maximum Gasteiger partial charge on any atom is 0.434 e. The number of hydrogen-bond acceptors (Lipinski definition) is 5. The Morgan fingerprint density at radius 3 is 2.68 bits per heavy atom. The fourth-order valence-corrected chi connectivity index (χ4v) is 4.41. The third kappa shape index (κ3) is 3.40. The maximum atomic E-state index is 13.1. The number of aryl methyl sites for hydroxylation is 1. The number of rotatable bonds is 3. The lowest BCUT2D eigenvalue weighted by Gasteiger charge is -2.37. The molecule has 4 heterocycles. The first-order valence-corrected chi connectivity index (χ1v) is 10.1. The zero-order valence-electron chi connectivity index (χ0n) is 16.9. The van der Waals surface area contributed by atoms with E-state index >= 15 is 0 Å². The van der Waals surface area contributed by atoms with Gasteiger partial charge in [-0.2, -0.15) is 13.2 Å². The number of alkyl halides is 3. The lowest BCUT2D eigenvalue weighted by molar-refractivity contribution is -0.140. The van der Waals surface area contributed by atoms with Crippen molar-refractivity contribution >= 4 is 22.5 Å². The first kappa shape index (κ1) is 19.8. The Bertz CT molecular complexity index is 1250. The fourth-order valence-electron chi connectivity index (χ4n) is 4.41. The summed E-state index contributed by atoms with van der Waals surface area (Å²) in [6.07, 6.45) is 2.98. The van der Waals surface area contributed by atoms with Crippen LogP contribution < -0.4 is 11.1 Å². The Balaban J connectivity index is 1.36. The van der Waals surface area contributed by atoms with Crippen LogP contribution in [0.3, 0.4) is 0 Å². The molecule has 1 aliphatic carbocycles. The van der Waals surface area contributed by atoms with Crippen molar-refractivity contribution in [2.24, 2.45) is 12.8 Å². The van der Waals surface area contributed by atoms with E-state index < -0.39 is 17.4 Å². The molecule has 10 heteroatoms. The number of nitrogens with zero attached hydrogens (tertiary/aromatic N) is 5. The van der Waals surface area contributed by atoms with Crippen LogP contribution in [0.5, 0.6) is 0 Å². The summed E-state index contributed by atoms with van der Waals surface area (Å²) >= 11 is 0. The Labute approximate surface area is 176 Å². The highest BCUT2D eigenvalue weighted by molar-refractivity contribution is 5.78. The first-order valence-electron chi connectivity index (χ1n) is 10.1. The second kappa shape index (κ2) is 6.94. The van der Waals surface area contributed by atoms with Crippen LogP contribution in [-0.2, 0) is 18.8 Å². The molecule has 1 aliphatic rings. The lowest BCUT2D eigenvalue weighted by Crippen LogP contribution is -2.44. The molecule has 4 aromatic rings. The van der Waals surface area contributed by atoms with E-state index in [2.05, 4.69) is 20.3 Å². The number of imidazole rings is 2. The van der Waals surface area contributed by atoms with E-state index in [1.54, 1.807) is 30.7 Å². The summed E-state index contributed by atoms with van der Waals surface area (Å²) in [6.45, 7) is 0. The van der Waals surface area contributed by atoms with Crippen LogP contribution in [0.15, 0.2) is 43.0 Å². The highest BCUT2D eigenvalue weighted by atomic mass is 19.4. The highest BCUT2D eigenvalue weighted by Gasteiger charge is 2.37. The fraction of sp³-hybridized carbons (Fsp3) is 0.381. The highest BCUT2D eigenvalue weighted by Crippen LogP contribution is 2.37. The van der Waals surface area contributed by atoms with Crippen molar-refractivity contribution < 1.29 is 13.2 Å². The Hall–Kier alpha value is -3.14. The minimum absolute atomic E-state index is 0.0851. The largest absolute Gasteiger partial charge is 0.434 e. The standard InChI is InChI=1S/C21H22F3N7/c1-30-12-27-18-14(30)7-10-26-19(18)20(25)8-5-13(6-9-20)28-16-3-2-4-17-29-15(11-31(16)17)21(22,23)24/h2-4,7,10-13,28H,5-6,8-9,25H2,1H3. The molecule has 0 bridgehead atoms. The molecule has 0 aliphatic heterocycles. The molecule has 1 saturated carbocycles. The quantitative estimate of drug-likeness (QED) is 0.517. The van der Waals surface area contributed by atoms with Gasteiger partial charge in [-0.05, 0) is 43.9 Å². The molecule has 0 saturated heterocycles. The molecule has 1 fully saturated rings. The topological polar surface area (TPSA) is 86.1 Å². The van der Waals surface area contributed by atoms with Gasteiger partial charge in [0.1, 0.15) is 17.0 Å². The van der Waals surface area contributed by atoms with E-state index in [-0.39, 0.29) is 11.7 Å². The van der Waals surface area contributed by atoms with Crippen LogP contribution in [0.2, 0.25) is 0 Å². The van der Waals surface area contributed by atoms with E-state index in [1.807, 2.05) is 17.7 Å². The molecule has 0 spiro atoms. The second-order valence-corrected chi connectivity index (χ2v) is 8.22. The van der Waals surface area contributed by atoms with Crippen LogP contribution in [0, 0.1) is 0 Å². The van der Waals surface area contributed by atoms with Gasteiger partial charge in [-0.3, -0.25) is 9.38 Å². The summed E-state index contributed by atoms with van der Waals surface area (Å²) in [5.41, 5.74) is 8.15. The number of aromatic nitrogens is 5. The normalized spacial score (nSPS) is 22.3. The second-order valence-electron chi connectivity index (χ2n) is 8.22. The molecule has 3 N–H and O–H groups in total. The van der Waals surface area contributed by atoms with Crippen LogP contribution in [0.25, 0.3) is 16.7 Å². The average molecular weight is 429 g/mol. The lowest BCUT2D eigenvalue weighted by atomic mass is 9.77. The van der Waals surface area contributed by atoms with Crippen molar-refractivity contribution in [1.29, 1.82) is 0 Å². The molecule has 162 valence electrons. The number of nitrogens with two attached hydrogens (primary N) is 1. The van der Waals surface area contributed by atoms with E-state index in [0.29, 0.717) is 18.7 Å². The molecule has 0 unspecified atom stereocenters. The number of nitrogens with one attached hydrogen (secondary N) is 1. The van der Waals surface area contributed by atoms with E-state index in [0.717, 1.165) is 35.8 Å². The van der Waals surface area contributed by atoms with Crippen molar-refractivity contribution in [2.75, 3.05) is 5.32 Å². The van der Waals surface area contributed by atoms with Gasteiger partial charge in [0, 0.05) is 25.5 Å². The minimum atomic E-state index is -4.48.